The van der Waals surface area contributed by atoms with Crippen molar-refractivity contribution < 1.29 is 23.8 Å². The Hall–Kier alpha value is -2.67. The molecule has 3 N–H and O–H groups in total. The summed E-state index contributed by atoms with van der Waals surface area (Å²) in [7, 11) is 0. The van der Waals surface area contributed by atoms with Gasteiger partial charge in [-0.25, -0.2) is 9.78 Å². The molecule has 1 aromatic heterocycles. The van der Waals surface area contributed by atoms with Gasteiger partial charge in [0.15, 0.2) is 5.69 Å². The largest absolute Gasteiger partial charge is 0.476 e. The molecule has 1 aromatic carbocycles. The van der Waals surface area contributed by atoms with E-state index in [1.807, 2.05) is 30.3 Å². The summed E-state index contributed by atoms with van der Waals surface area (Å²) in [6, 6.07) is 9.15. The molecule has 0 aliphatic carbocycles. The number of aromatic nitrogens is 1. The normalized spacial score (nSPS) is 11.9. The van der Waals surface area contributed by atoms with E-state index in [2.05, 4.69) is 4.98 Å². The monoisotopic (exact) mass is 290 g/mol. The van der Waals surface area contributed by atoms with Gasteiger partial charge in [0, 0.05) is 6.54 Å². The number of aromatic carboxylic acids is 1. The molecule has 1 heterocycles. The molecule has 0 saturated carbocycles. The molecule has 110 valence electrons. The lowest BCUT2D eigenvalue weighted by molar-refractivity contribution is -0.147. The van der Waals surface area contributed by atoms with Gasteiger partial charge in [-0.3, -0.25) is 4.79 Å². The maximum atomic E-state index is 12.0. The van der Waals surface area contributed by atoms with Gasteiger partial charge >= 0.3 is 11.9 Å². The minimum atomic E-state index is -1.24. The number of hydrogen-bond acceptors (Lipinski definition) is 6. The standard InChI is InChI=1S/C14H14N2O5/c15-6-10(12-16-11(8-20-12)13(17)18)14(19)21-7-9-4-2-1-3-5-9/h1-5,8,10H,6-7,15H2,(H,17,18)/t10-/m1/s1. The maximum absolute atomic E-state index is 12.0. The van der Waals surface area contributed by atoms with E-state index in [1.54, 1.807) is 0 Å². The molecule has 0 unspecified atom stereocenters. The summed E-state index contributed by atoms with van der Waals surface area (Å²) in [6.07, 6.45) is 0.963. The fourth-order valence-electron chi connectivity index (χ4n) is 1.67. The first kappa shape index (κ1) is 14.7. The van der Waals surface area contributed by atoms with Gasteiger partial charge in [0.25, 0.3) is 0 Å². The molecular weight excluding hydrogens is 276 g/mol. The first-order valence-electron chi connectivity index (χ1n) is 6.21. The first-order chi connectivity index (χ1) is 10.1. The van der Waals surface area contributed by atoms with Crippen LogP contribution in [0.15, 0.2) is 41.0 Å². The van der Waals surface area contributed by atoms with Crippen LogP contribution in [-0.4, -0.2) is 28.6 Å². The second kappa shape index (κ2) is 6.67. The van der Waals surface area contributed by atoms with Crippen LogP contribution in [0.3, 0.4) is 0 Å². The Morgan fingerprint density at radius 3 is 2.62 bits per heavy atom. The average molecular weight is 290 g/mol. The number of rotatable bonds is 6. The highest BCUT2D eigenvalue weighted by Crippen LogP contribution is 2.17. The van der Waals surface area contributed by atoms with E-state index < -0.39 is 17.9 Å². The maximum Gasteiger partial charge on any atom is 0.357 e. The Labute approximate surface area is 120 Å². The van der Waals surface area contributed by atoms with Gasteiger partial charge in [-0.2, -0.15) is 0 Å². The minimum Gasteiger partial charge on any atom is -0.476 e. The number of carbonyl (C=O) groups is 2. The van der Waals surface area contributed by atoms with Gasteiger partial charge in [0.1, 0.15) is 18.8 Å². The quantitative estimate of drug-likeness (QED) is 0.767. The number of carbonyl (C=O) groups excluding carboxylic acids is 1. The number of ether oxygens (including phenoxy) is 1. The van der Waals surface area contributed by atoms with Crippen LogP contribution in [0.2, 0.25) is 0 Å². The summed E-state index contributed by atoms with van der Waals surface area (Å²) in [5.74, 6) is -2.84. The van der Waals surface area contributed by atoms with Gasteiger partial charge in [-0.05, 0) is 5.56 Å². The van der Waals surface area contributed by atoms with Crippen molar-refractivity contribution in [1.82, 2.24) is 4.98 Å². The van der Waals surface area contributed by atoms with E-state index in [1.165, 1.54) is 0 Å². The van der Waals surface area contributed by atoms with Gasteiger partial charge in [-0.1, -0.05) is 30.3 Å². The number of carboxylic acids is 1. The van der Waals surface area contributed by atoms with Crippen LogP contribution in [0.1, 0.15) is 27.9 Å². The van der Waals surface area contributed by atoms with Crippen LogP contribution in [-0.2, 0) is 16.1 Å². The Morgan fingerprint density at radius 2 is 2.05 bits per heavy atom. The molecule has 0 fully saturated rings. The van der Waals surface area contributed by atoms with E-state index in [0.717, 1.165) is 11.8 Å². The number of esters is 1. The van der Waals surface area contributed by atoms with Crippen LogP contribution < -0.4 is 5.73 Å². The van der Waals surface area contributed by atoms with Crippen molar-refractivity contribution in [2.24, 2.45) is 5.73 Å². The zero-order chi connectivity index (χ0) is 15.2. The summed E-state index contributed by atoms with van der Waals surface area (Å²) >= 11 is 0. The fraction of sp³-hybridized carbons (Fsp3) is 0.214. The summed E-state index contributed by atoms with van der Waals surface area (Å²) in [5.41, 5.74) is 6.07. The molecule has 0 aliphatic heterocycles. The summed E-state index contributed by atoms with van der Waals surface area (Å²) in [6.45, 7) is 0.00979. The van der Waals surface area contributed by atoms with Crippen LogP contribution in [0.25, 0.3) is 0 Å². The predicted octanol–water partition coefficient (Wildman–Crippen LogP) is 1.16. The third kappa shape index (κ3) is 3.67. The van der Waals surface area contributed by atoms with Crippen molar-refractivity contribution in [1.29, 1.82) is 0 Å². The number of benzene rings is 1. The van der Waals surface area contributed by atoms with E-state index in [0.29, 0.717) is 0 Å². The predicted molar refractivity (Wildman–Crippen MR) is 71.5 cm³/mol. The van der Waals surface area contributed by atoms with Crippen LogP contribution in [0.4, 0.5) is 0 Å². The van der Waals surface area contributed by atoms with Crippen LogP contribution >= 0.6 is 0 Å². The Kier molecular flexibility index (Phi) is 4.68. The van der Waals surface area contributed by atoms with E-state index in [9.17, 15) is 9.59 Å². The summed E-state index contributed by atoms with van der Waals surface area (Å²) < 4.78 is 10.1. The first-order valence-corrected chi connectivity index (χ1v) is 6.21. The number of nitrogens with zero attached hydrogens (tertiary/aromatic N) is 1. The number of oxazole rings is 1. The SMILES string of the molecule is NC[C@@H](C(=O)OCc1ccccc1)c1nc(C(=O)O)co1. The van der Waals surface area contributed by atoms with Gasteiger partial charge in [0.2, 0.25) is 5.89 Å². The zero-order valence-electron chi connectivity index (χ0n) is 11.1. The van der Waals surface area contributed by atoms with Crippen LogP contribution in [0.5, 0.6) is 0 Å². The highest BCUT2D eigenvalue weighted by atomic mass is 16.5. The Morgan fingerprint density at radius 1 is 1.33 bits per heavy atom. The fourth-order valence-corrected chi connectivity index (χ4v) is 1.67. The molecule has 0 bridgehead atoms. The molecule has 0 radical (unpaired) electrons. The second-order valence-corrected chi connectivity index (χ2v) is 4.26. The third-order valence-corrected chi connectivity index (χ3v) is 2.78. The molecule has 7 heteroatoms. The van der Waals surface area contributed by atoms with E-state index in [-0.39, 0.29) is 24.7 Å². The van der Waals surface area contributed by atoms with Crippen molar-refractivity contribution in [3.05, 3.63) is 53.7 Å². The highest BCUT2D eigenvalue weighted by Gasteiger charge is 2.27. The molecule has 1 atom stereocenters. The lowest BCUT2D eigenvalue weighted by atomic mass is 10.1. The molecule has 2 aromatic rings. The minimum absolute atomic E-state index is 0.0621. The van der Waals surface area contributed by atoms with Crippen LogP contribution in [0, 0.1) is 0 Å². The topological polar surface area (TPSA) is 116 Å². The van der Waals surface area contributed by atoms with Crippen molar-refractivity contribution >= 4 is 11.9 Å². The molecule has 0 amide bonds. The molecule has 0 saturated heterocycles. The average Bonchev–Trinajstić information content (AvgIpc) is 2.97. The Bertz CT molecular complexity index is 623. The van der Waals surface area contributed by atoms with E-state index in [4.69, 9.17) is 20.0 Å². The molecule has 0 spiro atoms. The van der Waals surface area contributed by atoms with Crippen molar-refractivity contribution in [2.75, 3.05) is 6.54 Å². The number of hydrogen-bond donors (Lipinski definition) is 2. The second-order valence-electron chi connectivity index (χ2n) is 4.26. The lowest BCUT2D eigenvalue weighted by Gasteiger charge is -2.10. The molecule has 2 rings (SSSR count). The summed E-state index contributed by atoms with van der Waals surface area (Å²) in [5, 5.41) is 8.77. The highest BCUT2D eigenvalue weighted by molar-refractivity contribution is 5.85. The molecule has 7 nitrogen and oxygen atoms in total. The Balaban J connectivity index is 2.02. The molecule has 21 heavy (non-hydrogen) atoms. The van der Waals surface area contributed by atoms with Crippen molar-refractivity contribution in [2.45, 2.75) is 12.5 Å². The lowest BCUT2D eigenvalue weighted by Crippen LogP contribution is -2.24. The van der Waals surface area contributed by atoms with Gasteiger partial charge < -0.3 is 20.0 Å². The van der Waals surface area contributed by atoms with Gasteiger partial charge in [0.05, 0.1) is 0 Å². The molecular formula is C14H14N2O5. The smallest absolute Gasteiger partial charge is 0.357 e. The molecule has 0 aliphatic rings. The summed E-state index contributed by atoms with van der Waals surface area (Å²) in [4.78, 5) is 26.4. The van der Waals surface area contributed by atoms with Crippen molar-refractivity contribution in [3.63, 3.8) is 0 Å². The van der Waals surface area contributed by atoms with Gasteiger partial charge in [-0.15, -0.1) is 0 Å². The number of nitrogens with two attached hydrogens (primary N) is 1. The number of carboxylic acid groups (broad SMARTS) is 1. The third-order valence-electron chi connectivity index (χ3n) is 2.78. The zero-order valence-corrected chi connectivity index (χ0v) is 11.1. The van der Waals surface area contributed by atoms with Crippen molar-refractivity contribution in [3.8, 4) is 0 Å². The van der Waals surface area contributed by atoms with E-state index >= 15 is 0 Å².